The summed E-state index contributed by atoms with van der Waals surface area (Å²) in [5, 5.41) is 3.67. The normalized spacial score (nSPS) is 17.2. The molecule has 0 aliphatic carbocycles. The van der Waals surface area contributed by atoms with E-state index in [1.54, 1.807) is 7.11 Å². The summed E-state index contributed by atoms with van der Waals surface area (Å²) in [4.78, 5) is 2.47. The van der Waals surface area contributed by atoms with Crippen LogP contribution in [0.2, 0.25) is 0 Å². The minimum Gasteiger partial charge on any atom is -0.493 e. The Morgan fingerprint density at radius 2 is 2.00 bits per heavy atom. The Morgan fingerprint density at radius 3 is 2.65 bits per heavy atom. The smallest absolute Gasteiger partial charge is 0.164 e. The van der Waals surface area contributed by atoms with Gasteiger partial charge in [0.05, 0.1) is 13.7 Å². The SMILES string of the molecule is CCCCOc1c(OC)ccc2c1CCNC2CN(CC)CC. The molecule has 0 amide bonds. The maximum Gasteiger partial charge on any atom is 0.164 e. The highest BCUT2D eigenvalue weighted by molar-refractivity contribution is 5.53. The van der Waals surface area contributed by atoms with Gasteiger partial charge >= 0.3 is 0 Å². The highest BCUT2D eigenvalue weighted by atomic mass is 16.5. The van der Waals surface area contributed by atoms with E-state index in [2.05, 4.69) is 43.1 Å². The molecule has 1 aliphatic heterocycles. The van der Waals surface area contributed by atoms with Crippen molar-refractivity contribution >= 4 is 0 Å². The van der Waals surface area contributed by atoms with Gasteiger partial charge in [0.1, 0.15) is 0 Å². The minimum absolute atomic E-state index is 0.373. The van der Waals surface area contributed by atoms with Gasteiger partial charge in [-0.05, 0) is 44.1 Å². The van der Waals surface area contributed by atoms with Crippen LogP contribution >= 0.6 is 0 Å². The van der Waals surface area contributed by atoms with Gasteiger partial charge < -0.3 is 19.7 Å². The second-order valence-corrected chi connectivity index (χ2v) is 6.11. The van der Waals surface area contributed by atoms with Crippen LogP contribution in [0, 0.1) is 0 Å². The van der Waals surface area contributed by atoms with Crippen LogP contribution in [0.3, 0.4) is 0 Å². The van der Waals surface area contributed by atoms with E-state index in [4.69, 9.17) is 9.47 Å². The van der Waals surface area contributed by atoms with E-state index in [-0.39, 0.29) is 0 Å². The van der Waals surface area contributed by atoms with E-state index in [9.17, 15) is 0 Å². The molecule has 1 unspecified atom stereocenters. The van der Waals surface area contributed by atoms with Crippen molar-refractivity contribution < 1.29 is 9.47 Å². The maximum atomic E-state index is 6.11. The molecule has 1 aliphatic rings. The van der Waals surface area contributed by atoms with Gasteiger partial charge in [0.25, 0.3) is 0 Å². The lowest BCUT2D eigenvalue weighted by Gasteiger charge is -2.32. The first-order chi connectivity index (χ1) is 11.2. The van der Waals surface area contributed by atoms with E-state index in [0.29, 0.717) is 6.04 Å². The Morgan fingerprint density at radius 1 is 1.22 bits per heavy atom. The number of unbranched alkanes of at least 4 members (excludes halogenated alkanes) is 1. The van der Waals surface area contributed by atoms with E-state index in [1.807, 2.05) is 0 Å². The van der Waals surface area contributed by atoms with Crippen molar-refractivity contribution in [1.29, 1.82) is 0 Å². The summed E-state index contributed by atoms with van der Waals surface area (Å²) in [5.41, 5.74) is 2.70. The fourth-order valence-electron chi connectivity index (χ4n) is 3.23. The van der Waals surface area contributed by atoms with Crippen LogP contribution < -0.4 is 14.8 Å². The molecule has 4 nitrogen and oxygen atoms in total. The molecular weight excluding hydrogens is 288 g/mol. The Labute approximate surface area is 141 Å². The summed E-state index contributed by atoms with van der Waals surface area (Å²) in [7, 11) is 1.73. The third-order valence-electron chi connectivity index (χ3n) is 4.70. The summed E-state index contributed by atoms with van der Waals surface area (Å²) in [6.45, 7) is 11.6. The van der Waals surface area contributed by atoms with Gasteiger partial charge in [-0.25, -0.2) is 0 Å². The van der Waals surface area contributed by atoms with Gasteiger partial charge in [0.2, 0.25) is 0 Å². The Bertz CT molecular complexity index is 487. The molecule has 1 atom stereocenters. The standard InChI is InChI=1S/C19H32N2O2/c1-5-8-13-23-19-16-11-12-20-17(14-21(6-2)7-3)15(16)9-10-18(19)22-4/h9-10,17,20H,5-8,11-14H2,1-4H3. The van der Waals surface area contributed by atoms with Crippen molar-refractivity contribution in [3.05, 3.63) is 23.3 Å². The van der Waals surface area contributed by atoms with E-state index < -0.39 is 0 Å². The Balaban J connectivity index is 2.26. The van der Waals surface area contributed by atoms with Crippen LogP contribution in [0.4, 0.5) is 0 Å². The zero-order valence-electron chi connectivity index (χ0n) is 15.2. The summed E-state index contributed by atoms with van der Waals surface area (Å²) in [5.74, 6) is 1.83. The fourth-order valence-corrected chi connectivity index (χ4v) is 3.23. The minimum atomic E-state index is 0.373. The molecule has 0 spiro atoms. The number of likely N-dealkylation sites (N-methyl/N-ethyl adjacent to an activating group) is 1. The second kappa shape index (κ2) is 9.14. The van der Waals surface area contributed by atoms with Crippen LogP contribution in [-0.4, -0.2) is 44.8 Å². The van der Waals surface area contributed by atoms with Crippen LogP contribution in [0.25, 0.3) is 0 Å². The van der Waals surface area contributed by atoms with Gasteiger partial charge in [-0.15, -0.1) is 0 Å². The Hall–Kier alpha value is -1.26. The third-order valence-corrected chi connectivity index (χ3v) is 4.70. The molecule has 0 aromatic heterocycles. The van der Waals surface area contributed by atoms with Crippen molar-refractivity contribution in [2.24, 2.45) is 0 Å². The predicted octanol–water partition coefficient (Wildman–Crippen LogP) is 3.40. The van der Waals surface area contributed by atoms with Crippen LogP contribution in [0.5, 0.6) is 11.5 Å². The van der Waals surface area contributed by atoms with E-state index >= 15 is 0 Å². The summed E-state index contributed by atoms with van der Waals surface area (Å²) in [6, 6.07) is 4.64. The molecule has 0 fully saturated rings. The maximum absolute atomic E-state index is 6.11. The second-order valence-electron chi connectivity index (χ2n) is 6.11. The molecule has 130 valence electrons. The average molecular weight is 320 g/mol. The monoisotopic (exact) mass is 320 g/mol. The summed E-state index contributed by atoms with van der Waals surface area (Å²) in [6.07, 6.45) is 3.22. The molecule has 1 N–H and O–H groups in total. The van der Waals surface area contributed by atoms with E-state index in [0.717, 1.165) is 63.5 Å². The van der Waals surface area contributed by atoms with Crippen molar-refractivity contribution in [2.75, 3.05) is 39.9 Å². The molecule has 2 rings (SSSR count). The van der Waals surface area contributed by atoms with Crippen molar-refractivity contribution in [2.45, 2.75) is 46.1 Å². The molecule has 0 saturated carbocycles. The number of fused-ring (bicyclic) bond motifs is 1. The lowest BCUT2D eigenvalue weighted by Crippen LogP contribution is -2.39. The number of methoxy groups -OCH3 is 1. The molecule has 1 aromatic carbocycles. The summed E-state index contributed by atoms with van der Waals surface area (Å²) >= 11 is 0. The zero-order chi connectivity index (χ0) is 16.7. The zero-order valence-corrected chi connectivity index (χ0v) is 15.2. The molecule has 23 heavy (non-hydrogen) atoms. The van der Waals surface area contributed by atoms with Crippen LogP contribution in [0.15, 0.2) is 12.1 Å². The van der Waals surface area contributed by atoms with Gasteiger partial charge in [0.15, 0.2) is 11.5 Å². The van der Waals surface area contributed by atoms with Crippen LogP contribution in [0.1, 0.15) is 50.8 Å². The predicted molar refractivity (Wildman–Crippen MR) is 95.6 cm³/mol. The first-order valence-electron chi connectivity index (χ1n) is 9.03. The van der Waals surface area contributed by atoms with Crippen molar-refractivity contribution in [3.8, 4) is 11.5 Å². The fraction of sp³-hybridized carbons (Fsp3) is 0.684. The lowest BCUT2D eigenvalue weighted by atomic mass is 9.92. The number of hydrogen-bond acceptors (Lipinski definition) is 4. The van der Waals surface area contributed by atoms with Crippen molar-refractivity contribution in [3.63, 3.8) is 0 Å². The molecule has 0 radical (unpaired) electrons. The van der Waals surface area contributed by atoms with Gasteiger partial charge in [-0.3, -0.25) is 0 Å². The highest BCUT2D eigenvalue weighted by Crippen LogP contribution is 2.38. The van der Waals surface area contributed by atoms with Crippen LogP contribution in [-0.2, 0) is 6.42 Å². The van der Waals surface area contributed by atoms with Gasteiger partial charge in [-0.2, -0.15) is 0 Å². The van der Waals surface area contributed by atoms with Gasteiger partial charge in [-0.1, -0.05) is 33.3 Å². The quantitative estimate of drug-likeness (QED) is 0.707. The topological polar surface area (TPSA) is 33.7 Å². The number of rotatable bonds is 9. The number of nitrogens with one attached hydrogen (secondary N) is 1. The number of benzene rings is 1. The largest absolute Gasteiger partial charge is 0.493 e. The van der Waals surface area contributed by atoms with Gasteiger partial charge in [0, 0.05) is 18.2 Å². The highest BCUT2D eigenvalue weighted by Gasteiger charge is 2.26. The van der Waals surface area contributed by atoms with E-state index in [1.165, 1.54) is 11.1 Å². The molecular formula is C19H32N2O2. The molecule has 1 heterocycles. The van der Waals surface area contributed by atoms with Crippen molar-refractivity contribution in [1.82, 2.24) is 10.2 Å². The number of ether oxygens (including phenoxy) is 2. The first kappa shape index (κ1) is 18.1. The number of hydrogen-bond donors (Lipinski definition) is 1. The first-order valence-corrected chi connectivity index (χ1v) is 9.03. The number of nitrogens with zero attached hydrogens (tertiary/aromatic N) is 1. The molecule has 1 aromatic rings. The molecule has 4 heteroatoms. The average Bonchev–Trinajstić information content (AvgIpc) is 2.59. The molecule has 0 saturated heterocycles. The molecule has 0 bridgehead atoms. The lowest BCUT2D eigenvalue weighted by molar-refractivity contribution is 0.256. The Kier molecular flexibility index (Phi) is 7.18. The summed E-state index contributed by atoms with van der Waals surface area (Å²) < 4.78 is 11.7. The third kappa shape index (κ3) is 4.39.